The van der Waals surface area contributed by atoms with Crippen molar-refractivity contribution in [3.63, 3.8) is 0 Å². The monoisotopic (exact) mass is 267 g/mol. The molecule has 0 atom stereocenters. The van der Waals surface area contributed by atoms with E-state index in [9.17, 15) is 9.18 Å². The van der Waals surface area contributed by atoms with Gasteiger partial charge in [0, 0.05) is 26.8 Å². The summed E-state index contributed by atoms with van der Waals surface area (Å²) in [4.78, 5) is 13.0. The molecule has 1 aromatic rings. The highest BCUT2D eigenvalue weighted by Crippen LogP contribution is 2.29. The van der Waals surface area contributed by atoms with Gasteiger partial charge in [0.2, 0.25) is 0 Å². The number of benzene rings is 1. The van der Waals surface area contributed by atoms with E-state index in [0.29, 0.717) is 25.6 Å². The molecule has 19 heavy (non-hydrogen) atoms. The fourth-order valence-corrected chi connectivity index (χ4v) is 2.57. The average Bonchev–Trinajstić information content (AvgIpc) is 2.40. The highest BCUT2D eigenvalue weighted by molar-refractivity contribution is 5.94. The fraction of sp³-hybridized carbons (Fsp3) is 0.500. The molecule has 1 aliphatic rings. The molecule has 0 saturated carbocycles. The summed E-state index contributed by atoms with van der Waals surface area (Å²) < 4.78 is 19.0. The molecule has 1 aromatic carbocycles. The van der Waals surface area contributed by atoms with E-state index in [-0.39, 0.29) is 11.3 Å². The fourth-order valence-electron chi connectivity index (χ4n) is 2.57. The van der Waals surface area contributed by atoms with Crippen LogP contribution in [0.25, 0.3) is 0 Å². The topological polar surface area (TPSA) is 49.8 Å². The van der Waals surface area contributed by atoms with E-state index in [4.69, 9.17) is 9.84 Å². The van der Waals surface area contributed by atoms with Gasteiger partial charge < -0.3 is 14.7 Å². The van der Waals surface area contributed by atoms with Crippen molar-refractivity contribution in [2.45, 2.75) is 12.8 Å². The molecule has 104 valence electrons. The third-order valence-electron chi connectivity index (χ3n) is 3.55. The van der Waals surface area contributed by atoms with Crippen LogP contribution in [0, 0.1) is 11.7 Å². The SMILES string of the molecule is COCC1CCN(c2c(F)cccc2C(=O)O)CC1. The number of ether oxygens (including phenoxy) is 1. The van der Waals surface area contributed by atoms with Gasteiger partial charge in [-0.25, -0.2) is 9.18 Å². The number of para-hydroxylation sites is 1. The van der Waals surface area contributed by atoms with Crippen LogP contribution in [0.3, 0.4) is 0 Å². The Morgan fingerprint density at radius 3 is 2.74 bits per heavy atom. The predicted molar refractivity (Wildman–Crippen MR) is 70.2 cm³/mol. The quantitative estimate of drug-likeness (QED) is 0.910. The van der Waals surface area contributed by atoms with E-state index in [2.05, 4.69) is 0 Å². The number of aromatic carboxylic acids is 1. The Hall–Kier alpha value is -1.62. The molecule has 0 spiro atoms. The average molecular weight is 267 g/mol. The first kappa shape index (κ1) is 13.8. The number of piperidine rings is 1. The number of carbonyl (C=O) groups is 1. The van der Waals surface area contributed by atoms with E-state index < -0.39 is 11.8 Å². The van der Waals surface area contributed by atoms with E-state index >= 15 is 0 Å². The first-order chi connectivity index (χ1) is 9.13. The second kappa shape index (κ2) is 6.02. The second-order valence-electron chi connectivity index (χ2n) is 4.83. The Labute approximate surface area is 111 Å². The number of hydrogen-bond acceptors (Lipinski definition) is 3. The van der Waals surface area contributed by atoms with E-state index in [0.717, 1.165) is 12.8 Å². The van der Waals surface area contributed by atoms with Crippen molar-refractivity contribution < 1.29 is 19.0 Å². The van der Waals surface area contributed by atoms with Crippen LogP contribution in [0.15, 0.2) is 18.2 Å². The van der Waals surface area contributed by atoms with Gasteiger partial charge in [-0.2, -0.15) is 0 Å². The number of carboxylic acid groups (broad SMARTS) is 1. The molecule has 2 rings (SSSR count). The lowest BCUT2D eigenvalue weighted by atomic mass is 9.96. The van der Waals surface area contributed by atoms with Crippen molar-refractivity contribution in [1.82, 2.24) is 0 Å². The van der Waals surface area contributed by atoms with Crippen molar-refractivity contribution in [3.05, 3.63) is 29.6 Å². The highest BCUT2D eigenvalue weighted by atomic mass is 19.1. The number of anilines is 1. The molecule has 1 aliphatic heterocycles. The van der Waals surface area contributed by atoms with Crippen LogP contribution in [0.1, 0.15) is 23.2 Å². The normalized spacial score (nSPS) is 16.6. The molecule has 1 saturated heterocycles. The van der Waals surface area contributed by atoms with Crippen molar-refractivity contribution in [2.75, 3.05) is 31.7 Å². The molecular formula is C14H18FNO3. The maximum Gasteiger partial charge on any atom is 0.337 e. The third-order valence-corrected chi connectivity index (χ3v) is 3.55. The van der Waals surface area contributed by atoms with E-state index in [1.54, 1.807) is 7.11 Å². The van der Waals surface area contributed by atoms with Crippen LogP contribution < -0.4 is 4.90 Å². The van der Waals surface area contributed by atoms with Crippen LogP contribution in [0.2, 0.25) is 0 Å². The van der Waals surface area contributed by atoms with Gasteiger partial charge in [0.25, 0.3) is 0 Å². The van der Waals surface area contributed by atoms with Gasteiger partial charge in [-0.3, -0.25) is 0 Å². The number of rotatable bonds is 4. The zero-order valence-corrected chi connectivity index (χ0v) is 10.9. The zero-order chi connectivity index (χ0) is 13.8. The number of halogens is 1. The Morgan fingerprint density at radius 1 is 1.47 bits per heavy atom. The summed E-state index contributed by atoms with van der Waals surface area (Å²) in [7, 11) is 1.67. The van der Waals surface area contributed by atoms with Gasteiger partial charge in [0.05, 0.1) is 11.3 Å². The molecule has 5 heteroatoms. The summed E-state index contributed by atoms with van der Waals surface area (Å²) in [5.41, 5.74) is 0.246. The van der Waals surface area contributed by atoms with Crippen LogP contribution in [0.4, 0.5) is 10.1 Å². The minimum atomic E-state index is -1.09. The summed E-state index contributed by atoms with van der Waals surface area (Å²) in [5, 5.41) is 9.14. The summed E-state index contributed by atoms with van der Waals surface area (Å²) in [5.74, 6) is -1.08. The summed E-state index contributed by atoms with van der Waals surface area (Å²) in [6.07, 6.45) is 1.78. The highest BCUT2D eigenvalue weighted by Gasteiger charge is 2.25. The van der Waals surface area contributed by atoms with Gasteiger partial charge in [0.15, 0.2) is 0 Å². The van der Waals surface area contributed by atoms with Gasteiger partial charge >= 0.3 is 5.97 Å². The second-order valence-corrected chi connectivity index (χ2v) is 4.83. The molecule has 0 amide bonds. The summed E-state index contributed by atoms with van der Waals surface area (Å²) >= 11 is 0. The molecule has 1 N–H and O–H groups in total. The van der Waals surface area contributed by atoms with Crippen molar-refractivity contribution >= 4 is 11.7 Å². The van der Waals surface area contributed by atoms with Crippen molar-refractivity contribution in [2.24, 2.45) is 5.92 Å². The van der Waals surface area contributed by atoms with Crippen LogP contribution >= 0.6 is 0 Å². The van der Waals surface area contributed by atoms with Gasteiger partial charge in [-0.1, -0.05) is 6.07 Å². The van der Waals surface area contributed by atoms with Gasteiger partial charge in [-0.15, -0.1) is 0 Å². The molecular weight excluding hydrogens is 249 g/mol. The molecule has 0 bridgehead atoms. The van der Waals surface area contributed by atoms with Gasteiger partial charge in [-0.05, 0) is 30.9 Å². The van der Waals surface area contributed by atoms with Gasteiger partial charge in [0.1, 0.15) is 5.82 Å². The van der Waals surface area contributed by atoms with Crippen molar-refractivity contribution in [1.29, 1.82) is 0 Å². The smallest absolute Gasteiger partial charge is 0.337 e. The third kappa shape index (κ3) is 3.04. The number of nitrogens with zero attached hydrogens (tertiary/aromatic N) is 1. The first-order valence-electron chi connectivity index (χ1n) is 6.39. The molecule has 0 aromatic heterocycles. The Morgan fingerprint density at radius 2 is 2.16 bits per heavy atom. The molecule has 0 radical (unpaired) electrons. The Kier molecular flexibility index (Phi) is 4.37. The maximum atomic E-state index is 13.9. The predicted octanol–water partition coefficient (Wildman–Crippen LogP) is 2.39. The standard InChI is InChI=1S/C14H18FNO3/c1-19-9-10-5-7-16(8-6-10)13-11(14(17)18)3-2-4-12(13)15/h2-4,10H,5-9H2,1H3,(H,17,18). The number of methoxy groups -OCH3 is 1. The largest absolute Gasteiger partial charge is 0.478 e. The minimum absolute atomic E-state index is 0.0326. The molecule has 0 aliphatic carbocycles. The zero-order valence-electron chi connectivity index (χ0n) is 10.9. The molecule has 0 unspecified atom stereocenters. The van der Waals surface area contributed by atoms with Crippen LogP contribution in [-0.2, 0) is 4.74 Å². The van der Waals surface area contributed by atoms with E-state index in [1.165, 1.54) is 18.2 Å². The molecule has 4 nitrogen and oxygen atoms in total. The summed E-state index contributed by atoms with van der Waals surface area (Å²) in [6.45, 7) is 2.03. The van der Waals surface area contributed by atoms with Crippen LogP contribution in [0.5, 0.6) is 0 Å². The maximum absolute atomic E-state index is 13.9. The minimum Gasteiger partial charge on any atom is -0.478 e. The van der Waals surface area contributed by atoms with Crippen LogP contribution in [-0.4, -0.2) is 37.9 Å². The molecule has 1 heterocycles. The first-order valence-corrected chi connectivity index (χ1v) is 6.39. The lowest BCUT2D eigenvalue weighted by Gasteiger charge is -2.34. The lowest BCUT2D eigenvalue weighted by molar-refractivity contribution is 0.0696. The number of carboxylic acids is 1. The number of hydrogen-bond donors (Lipinski definition) is 1. The Bertz CT molecular complexity index is 456. The lowest BCUT2D eigenvalue weighted by Crippen LogP contribution is -2.36. The molecule has 1 fully saturated rings. The summed E-state index contributed by atoms with van der Waals surface area (Å²) in [6, 6.07) is 4.19. The van der Waals surface area contributed by atoms with Crippen molar-refractivity contribution in [3.8, 4) is 0 Å². The Balaban J connectivity index is 2.17. The van der Waals surface area contributed by atoms with E-state index in [1.807, 2.05) is 4.90 Å².